The Kier molecular flexibility index (Phi) is 6.47. The number of halogens is 1. The normalized spacial score (nSPS) is 19.1. The number of aromatic nitrogens is 1. The number of hydrogen-bond acceptors (Lipinski definition) is 6. The van der Waals surface area contributed by atoms with Gasteiger partial charge in [0.1, 0.15) is 5.75 Å². The van der Waals surface area contributed by atoms with Crippen molar-refractivity contribution < 1.29 is 9.53 Å². The second-order valence-electron chi connectivity index (χ2n) is 8.34. The molecule has 0 spiro atoms. The molecule has 34 heavy (non-hydrogen) atoms. The maximum Gasteiger partial charge on any atom is 0.283 e. The molecular formula is C24H25ClN6O2S. The van der Waals surface area contributed by atoms with Crippen LogP contribution in [0, 0.1) is 12.3 Å². The van der Waals surface area contributed by atoms with E-state index in [-0.39, 0.29) is 11.4 Å². The molecule has 0 unspecified atom stereocenters. The second kappa shape index (κ2) is 9.68. The summed E-state index contributed by atoms with van der Waals surface area (Å²) in [6, 6.07) is 9.48. The summed E-state index contributed by atoms with van der Waals surface area (Å²) in [5, 5.41) is 16.6. The molecule has 3 aliphatic heterocycles. The molecule has 10 heteroatoms. The lowest BCUT2D eigenvalue weighted by Gasteiger charge is -2.20. The first-order chi connectivity index (χ1) is 16.5. The quantitative estimate of drug-likeness (QED) is 0.467. The number of nitrogens with zero attached hydrogens (tertiary/aromatic N) is 5. The molecule has 0 bridgehead atoms. The summed E-state index contributed by atoms with van der Waals surface area (Å²) in [7, 11) is 0. The highest BCUT2D eigenvalue weighted by atomic mass is 35.5. The zero-order valence-corrected chi connectivity index (χ0v) is 20.4. The average molecular weight is 497 g/mol. The van der Waals surface area contributed by atoms with Crippen LogP contribution in [0.2, 0.25) is 5.02 Å². The third-order valence-corrected chi connectivity index (χ3v) is 7.31. The number of carbonyl (C=O) groups excluding carboxylic acids is 1. The monoisotopic (exact) mass is 496 g/mol. The smallest absolute Gasteiger partial charge is 0.283 e. The number of hydrogen-bond donors (Lipinski definition) is 1. The van der Waals surface area contributed by atoms with Gasteiger partial charge in [0.15, 0.2) is 11.0 Å². The first-order valence-corrected chi connectivity index (χ1v) is 12.5. The van der Waals surface area contributed by atoms with Crippen molar-refractivity contribution in [2.24, 2.45) is 10.1 Å². The van der Waals surface area contributed by atoms with Crippen LogP contribution in [-0.4, -0.2) is 56.3 Å². The van der Waals surface area contributed by atoms with Gasteiger partial charge in [0.2, 0.25) is 5.17 Å². The van der Waals surface area contributed by atoms with E-state index >= 15 is 0 Å². The van der Waals surface area contributed by atoms with Crippen molar-refractivity contribution in [3.05, 3.63) is 58.4 Å². The molecule has 1 amide bonds. The number of carbonyl (C=O) groups is 1. The fourth-order valence-corrected chi connectivity index (χ4v) is 5.12. The lowest BCUT2D eigenvalue weighted by atomic mass is 10.1. The van der Waals surface area contributed by atoms with Crippen LogP contribution >= 0.6 is 23.4 Å². The number of ether oxygens (including phenoxy) is 1. The fraction of sp³-hybridized carbons (Fsp3) is 0.333. The molecule has 5 rings (SSSR count). The number of likely N-dealkylation sites (tertiary alicyclic amines) is 1. The summed E-state index contributed by atoms with van der Waals surface area (Å²) in [6.07, 6.45) is 6.73. The molecule has 0 radical (unpaired) electrons. The number of amidine groups is 3. The minimum Gasteiger partial charge on any atom is -0.494 e. The van der Waals surface area contributed by atoms with Crippen molar-refractivity contribution in [2.45, 2.75) is 32.7 Å². The standard InChI is InChI=1S/C24H25ClN6O2S/c1-16-14-18(7-8-20(16)25)33-13-5-12-29-11-4-6-17(29)15-19-21(26)31-23(27-22(19)32)34-24(28-31)30-9-2-3-10-30/h4,6-8,11,14-15,26H,2-3,5,9-10,12-13H2,1H3/b19-15+,26-21?. The molecule has 1 aromatic heterocycles. The fourth-order valence-electron chi connectivity index (χ4n) is 4.06. The molecule has 1 aromatic carbocycles. The number of benzene rings is 1. The van der Waals surface area contributed by atoms with Gasteiger partial charge in [-0.05, 0) is 79.9 Å². The van der Waals surface area contributed by atoms with Gasteiger partial charge in [0, 0.05) is 36.5 Å². The van der Waals surface area contributed by atoms with E-state index in [0.717, 1.165) is 59.5 Å². The molecule has 0 aliphatic carbocycles. The van der Waals surface area contributed by atoms with E-state index in [9.17, 15) is 4.79 Å². The van der Waals surface area contributed by atoms with E-state index in [2.05, 4.69) is 15.0 Å². The number of nitrogens with one attached hydrogen (secondary N) is 1. The van der Waals surface area contributed by atoms with Gasteiger partial charge in [0.05, 0.1) is 12.2 Å². The Morgan fingerprint density at radius 2 is 2.06 bits per heavy atom. The van der Waals surface area contributed by atoms with Gasteiger partial charge in [-0.15, -0.1) is 5.10 Å². The number of hydrazone groups is 1. The van der Waals surface area contributed by atoms with E-state index in [1.54, 1.807) is 6.08 Å². The molecule has 3 aliphatic rings. The highest BCUT2D eigenvalue weighted by Crippen LogP contribution is 2.31. The summed E-state index contributed by atoms with van der Waals surface area (Å²) in [5.41, 5.74) is 2.06. The van der Waals surface area contributed by atoms with Crippen LogP contribution in [0.15, 0.2) is 52.2 Å². The predicted molar refractivity (Wildman–Crippen MR) is 137 cm³/mol. The molecular weight excluding hydrogens is 472 g/mol. The van der Waals surface area contributed by atoms with Gasteiger partial charge < -0.3 is 14.2 Å². The maximum absolute atomic E-state index is 12.7. The van der Waals surface area contributed by atoms with Gasteiger partial charge in [-0.2, -0.15) is 10.0 Å². The molecule has 1 N–H and O–H groups in total. The molecule has 8 nitrogen and oxygen atoms in total. The van der Waals surface area contributed by atoms with Crippen LogP contribution in [0.1, 0.15) is 30.5 Å². The topological polar surface area (TPSA) is 86.3 Å². The summed E-state index contributed by atoms with van der Waals surface area (Å²) in [4.78, 5) is 19.1. The predicted octanol–water partition coefficient (Wildman–Crippen LogP) is 4.59. The number of rotatable bonds is 6. The van der Waals surface area contributed by atoms with E-state index in [1.165, 1.54) is 16.8 Å². The summed E-state index contributed by atoms with van der Waals surface area (Å²) in [6.45, 7) is 5.12. The molecule has 4 heterocycles. The molecule has 2 aromatic rings. The van der Waals surface area contributed by atoms with E-state index in [4.69, 9.17) is 21.7 Å². The molecule has 1 saturated heterocycles. The SMILES string of the molecule is Cc1cc(OCCCn2cccc2/C=C2\C(=N)N3N=C(N4CCCC4)SC3=NC2=O)ccc1Cl. The number of amides is 1. The van der Waals surface area contributed by atoms with Crippen molar-refractivity contribution in [1.29, 1.82) is 5.41 Å². The Morgan fingerprint density at radius 1 is 1.24 bits per heavy atom. The zero-order chi connectivity index (χ0) is 23.7. The van der Waals surface area contributed by atoms with Crippen LogP contribution in [0.3, 0.4) is 0 Å². The third kappa shape index (κ3) is 4.63. The lowest BCUT2D eigenvalue weighted by Crippen LogP contribution is -2.35. The van der Waals surface area contributed by atoms with Crippen LogP contribution in [0.25, 0.3) is 6.08 Å². The van der Waals surface area contributed by atoms with Gasteiger partial charge in [-0.1, -0.05) is 11.6 Å². The zero-order valence-electron chi connectivity index (χ0n) is 18.8. The molecule has 1 fully saturated rings. The van der Waals surface area contributed by atoms with Crippen molar-refractivity contribution >= 4 is 51.5 Å². The number of aliphatic imine (C=N–C) groups is 1. The van der Waals surface area contributed by atoms with Crippen molar-refractivity contribution in [2.75, 3.05) is 19.7 Å². The number of aryl methyl sites for hydroxylation is 2. The van der Waals surface area contributed by atoms with Crippen molar-refractivity contribution in [3.63, 3.8) is 0 Å². The average Bonchev–Trinajstić information content (AvgIpc) is 3.57. The highest BCUT2D eigenvalue weighted by molar-refractivity contribution is 8.26. The Bertz CT molecular complexity index is 1230. The summed E-state index contributed by atoms with van der Waals surface area (Å²) in [5.74, 6) is 0.450. The van der Waals surface area contributed by atoms with Gasteiger partial charge in [0.25, 0.3) is 5.91 Å². The Balaban J connectivity index is 1.24. The van der Waals surface area contributed by atoms with E-state index in [0.29, 0.717) is 18.3 Å². The third-order valence-electron chi connectivity index (χ3n) is 5.92. The largest absolute Gasteiger partial charge is 0.494 e. The van der Waals surface area contributed by atoms with E-state index in [1.807, 2.05) is 48.0 Å². The summed E-state index contributed by atoms with van der Waals surface area (Å²) < 4.78 is 7.89. The van der Waals surface area contributed by atoms with Crippen molar-refractivity contribution in [1.82, 2.24) is 14.5 Å². The molecule has 0 atom stereocenters. The van der Waals surface area contributed by atoms with Crippen LogP contribution in [0.5, 0.6) is 5.75 Å². The van der Waals surface area contributed by atoms with E-state index < -0.39 is 5.91 Å². The van der Waals surface area contributed by atoms with Crippen LogP contribution in [-0.2, 0) is 11.3 Å². The number of fused-ring (bicyclic) bond motifs is 1. The Labute approximate surface area is 207 Å². The summed E-state index contributed by atoms with van der Waals surface area (Å²) >= 11 is 7.43. The lowest BCUT2D eigenvalue weighted by molar-refractivity contribution is -0.114. The van der Waals surface area contributed by atoms with Crippen molar-refractivity contribution in [3.8, 4) is 5.75 Å². The maximum atomic E-state index is 12.7. The first kappa shape index (κ1) is 22.7. The van der Waals surface area contributed by atoms with Crippen LogP contribution in [0.4, 0.5) is 0 Å². The number of thioether (sulfide) groups is 1. The Hall–Kier alpha value is -3.04. The van der Waals surface area contributed by atoms with Gasteiger partial charge in [-0.3, -0.25) is 10.2 Å². The van der Waals surface area contributed by atoms with Gasteiger partial charge in [-0.25, -0.2) is 0 Å². The molecule has 176 valence electrons. The Morgan fingerprint density at radius 3 is 2.85 bits per heavy atom. The minimum absolute atomic E-state index is 0.0610. The minimum atomic E-state index is -0.407. The molecule has 0 saturated carbocycles. The second-order valence-corrected chi connectivity index (χ2v) is 9.68. The van der Waals surface area contributed by atoms with Gasteiger partial charge >= 0.3 is 0 Å². The highest BCUT2D eigenvalue weighted by Gasteiger charge is 2.37. The van der Waals surface area contributed by atoms with Crippen LogP contribution < -0.4 is 4.74 Å². The first-order valence-electron chi connectivity index (χ1n) is 11.3.